The quantitative estimate of drug-likeness (QED) is 0.0760. The van der Waals surface area contributed by atoms with E-state index in [1.165, 1.54) is 51.4 Å². The maximum absolute atomic E-state index is 12.4. The van der Waals surface area contributed by atoms with Crippen molar-refractivity contribution >= 4 is 11.9 Å². The molecule has 0 aliphatic heterocycles. The van der Waals surface area contributed by atoms with Crippen molar-refractivity contribution in [1.29, 1.82) is 0 Å². The number of carbonyl (C=O) groups is 2. The first-order valence-corrected chi connectivity index (χ1v) is 12.7. The zero-order valence-corrected chi connectivity index (χ0v) is 20.4. The molecular weight excluding hydrogens is 388 g/mol. The van der Waals surface area contributed by atoms with Crippen LogP contribution in [-0.2, 0) is 19.1 Å². The smallest absolute Gasteiger partial charge is 0.320 e. The highest BCUT2D eigenvalue weighted by molar-refractivity contribution is 5.94. The van der Waals surface area contributed by atoms with Gasteiger partial charge in [0.1, 0.15) is 0 Å². The second-order valence-corrected chi connectivity index (χ2v) is 8.43. The molecule has 0 unspecified atom stereocenters. The fraction of sp³-hybridized carbons (Fsp3) is 0.778. The Kier molecular flexibility index (Phi) is 20.5. The van der Waals surface area contributed by atoms with Crippen molar-refractivity contribution in [2.24, 2.45) is 11.8 Å². The summed E-state index contributed by atoms with van der Waals surface area (Å²) in [6.45, 7) is 11.7. The second-order valence-electron chi connectivity index (χ2n) is 8.43. The van der Waals surface area contributed by atoms with E-state index in [1.807, 2.05) is 12.2 Å². The number of esters is 2. The molecule has 0 heterocycles. The SMILES string of the molecule is C=CCCCCCCCC(CCCCCCCC=C)CC(C(=O)OCC)C(=O)OCC. The van der Waals surface area contributed by atoms with E-state index in [1.54, 1.807) is 13.8 Å². The van der Waals surface area contributed by atoms with E-state index in [0.29, 0.717) is 12.3 Å². The summed E-state index contributed by atoms with van der Waals surface area (Å²) in [6.07, 6.45) is 20.9. The molecule has 0 aliphatic rings. The van der Waals surface area contributed by atoms with Crippen LogP contribution in [0.15, 0.2) is 25.3 Å². The number of unbranched alkanes of at least 4 members (excludes halogenated alkanes) is 10. The topological polar surface area (TPSA) is 52.6 Å². The van der Waals surface area contributed by atoms with Crippen LogP contribution in [0.5, 0.6) is 0 Å². The average Bonchev–Trinajstić information content (AvgIpc) is 2.75. The third kappa shape index (κ3) is 16.7. The Hall–Kier alpha value is -1.58. The minimum atomic E-state index is -0.787. The summed E-state index contributed by atoms with van der Waals surface area (Å²) in [5.41, 5.74) is 0. The molecule has 0 fully saturated rings. The van der Waals surface area contributed by atoms with E-state index in [4.69, 9.17) is 9.47 Å². The molecule has 0 rings (SSSR count). The molecule has 0 bridgehead atoms. The first-order chi connectivity index (χ1) is 15.1. The summed E-state index contributed by atoms with van der Waals surface area (Å²) in [5.74, 6) is -1.29. The highest BCUT2D eigenvalue weighted by Crippen LogP contribution is 2.27. The summed E-state index contributed by atoms with van der Waals surface area (Å²) in [4.78, 5) is 24.8. The van der Waals surface area contributed by atoms with Crippen molar-refractivity contribution in [3.05, 3.63) is 25.3 Å². The summed E-state index contributed by atoms with van der Waals surface area (Å²) in [6, 6.07) is 0. The van der Waals surface area contributed by atoms with Gasteiger partial charge in [-0.25, -0.2) is 0 Å². The Morgan fingerprint density at radius 3 is 1.45 bits per heavy atom. The first-order valence-electron chi connectivity index (χ1n) is 12.7. The van der Waals surface area contributed by atoms with Gasteiger partial charge in [-0.15, -0.1) is 13.2 Å². The fourth-order valence-electron chi connectivity index (χ4n) is 3.99. The van der Waals surface area contributed by atoms with Crippen LogP contribution in [0.4, 0.5) is 0 Å². The Morgan fingerprint density at radius 2 is 1.06 bits per heavy atom. The molecule has 0 saturated heterocycles. The predicted octanol–water partition coefficient (Wildman–Crippen LogP) is 7.57. The van der Waals surface area contributed by atoms with Gasteiger partial charge in [0, 0.05) is 0 Å². The third-order valence-corrected chi connectivity index (χ3v) is 5.75. The molecule has 0 aromatic heterocycles. The van der Waals surface area contributed by atoms with Crippen LogP contribution in [0.3, 0.4) is 0 Å². The zero-order chi connectivity index (χ0) is 23.2. The normalized spacial score (nSPS) is 11.0. The van der Waals surface area contributed by atoms with E-state index in [9.17, 15) is 9.59 Å². The molecule has 0 N–H and O–H groups in total. The lowest BCUT2D eigenvalue weighted by molar-refractivity contribution is -0.162. The van der Waals surface area contributed by atoms with Gasteiger partial charge >= 0.3 is 11.9 Å². The van der Waals surface area contributed by atoms with Gasteiger partial charge in [-0.3, -0.25) is 9.59 Å². The molecule has 0 aliphatic carbocycles. The lowest BCUT2D eigenvalue weighted by atomic mass is 9.86. The maximum atomic E-state index is 12.4. The van der Waals surface area contributed by atoms with Gasteiger partial charge < -0.3 is 9.47 Å². The Bertz CT molecular complexity index is 432. The molecule has 0 atom stereocenters. The van der Waals surface area contributed by atoms with Crippen molar-refractivity contribution in [2.45, 2.75) is 110 Å². The number of carbonyl (C=O) groups excluding carboxylic acids is 2. The summed E-state index contributed by atoms with van der Waals surface area (Å²) < 4.78 is 10.4. The van der Waals surface area contributed by atoms with E-state index in [0.717, 1.165) is 38.5 Å². The van der Waals surface area contributed by atoms with Gasteiger partial charge in [0.2, 0.25) is 0 Å². The van der Waals surface area contributed by atoms with Gasteiger partial charge in [-0.2, -0.15) is 0 Å². The maximum Gasteiger partial charge on any atom is 0.320 e. The number of hydrogen-bond donors (Lipinski definition) is 0. The molecule has 0 spiro atoms. The number of hydrogen-bond acceptors (Lipinski definition) is 4. The molecule has 0 radical (unpaired) electrons. The minimum absolute atomic E-state index is 0.287. The zero-order valence-electron chi connectivity index (χ0n) is 20.4. The van der Waals surface area contributed by atoms with E-state index < -0.39 is 17.9 Å². The van der Waals surface area contributed by atoms with E-state index in [-0.39, 0.29) is 13.2 Å². The number of ether oxygens (including phenoxy) is 2. The first kappa shape index (κ1) is 29.4. The fourth-order valence-corrected chi connectivity index (χ4v) is 3.99. The van der Waals surface area contributed by atoms with Gasteiger partial charge in [0.15, 0.2) is 5.92 Å². The molecule has 0 aromatic carbocycles. The molecule has 4 heteroatoms. The molecule has 31 heavy (non-hydrogen) atoms. The largest absolute Gasteiger partial charge is 0.465 e. The van der Waals surface area contributed by atoms with Crippen LogP contribution < -0.4 is 0 Å². The molecular formula is C27H48O4. The highest BCUT2D eigenvalue weighted by atomic mass is 16.6. The molecule has 0 amide bonds. The van der Waals surface area contributed by atoms with Crippen LogP contribution in [-0.4, -0.2) is 25.2 Å². The van der Waals surface area contributed by atoms with Crippen molar-refractivity contribution in [3.63, 3.8) is 0 Å². The Morgan fingerprint density at radius 1 is 0.677 bits per heavy atom. The van der Waals surface area contributed by atoms with Crippen molar-refractivity contribution in [2.75, 3.05) is 13.2 Å². The highest BCUT2D eigenvalue weighted by Gasteiger charge is 2.32. The Labute approximate surface area is 191 Å². The lowest BCUT2D eigenvalue weighted by Crippen LogP contribution is -2.30. The van der Waals surface area contributed by atoms with Gasteiger partial charge in [0.05, 0.1) is 13.2 Å². The molecule has 180 valence electrons. The van der Waals surface area contributed by atoms with Crippen LogP contribution in [0.1, 0.15) is 110 Å². The van der Waals surface area contributed by atoms with Crippen molar-refractivity contribution in [1.82, 2.24) is 0 Å². The van der Waals surface area contributed by atoms with Crippen LogP contribution in [0.2, 0.25) is 0 Å². The van der Waals surface area contributed by atoms with E-state index >= 15 is 0 Å². The Balaban J connectivity index is 4.66. The number of rotatable bonds is 22. The van der Waals surface area contributed by atoms with Crippen molar-refractivity contribution < 1.29 is 19.1 Å². The summed E-state index contributed by atoms with van der Waals surface area (Å²) in [7, 11) is 0. The summed E-state index contributed by atoms with van der Waals surface area (Å²) in [5, 5.41) is 0. The van der Waals surface area contributed by atoms with Gasteiger partial charge in [-0.1, -0.05) is 76.4 Å². The standard InChI is InChI=1S/C27H48O4/c1-5-9-11-13-15-17-19-21-24(22-20-18-16-14-12-10-6-2)23-25(26(28)30-7-3)27(29)31-8-4/h5-6,24-25H,1-2,7-23H2,3-4H3. The van der Waals surface area contributed by atoms with Crippen LogP contribution in [0, 0.1) is 11.8 Å². The number of allylic oxidation sites excluding steroid dienone is 2. The molecule has 0 aromatic rings. The summed E-state index contributed by atoms with van der Waals surface area (Å²) >= 11 is 0. The predicted molar refractivity (Wildman–Crippen MR) is 130 cm³/mol. The van der Waals surface area contributed by atoms with Gasteiger partial charge in [0.25, 0.3) is 0 Å². The van der Waals surface area contributed by atoms with E-state index in [2.05, 4.69) is 13.2 Å². The van der Waals surface area contributed by atoms with Crippen LogP contribution >= 0.6 is 0 Å². The monoisotopic (exact) mass is 436 g/mol. The average molecular weight is 437 g/mol. The second kappa shape index (κ2) is 21.6. The van der Waals surface area contributed by atoms with Crippen LogP contribution in [0.25, 0.3) is 0 Å². The third-order valence-electron chi connectivity index (χ3n) is 5.75. The van der Waals surface area contributed by atoms with Crippen molar-refractivity contribution in [3.8, 4) is 0 Å². The molecule has 4 nitrogen and oxygen atoms in total. The minimum Gasteiger partial charge on any atom is -0.465 e. The van der Waals surface area contributed by atoms with Gasteiger partial charge in [-0.05, 0) is 51.9 Å². The lowest BCUT2D eigenvalue weighted by Gasteiger charge is -2.22. The molecule has 0 saturated carbocycles.